The Hall–Kier alpha value is -3.35. The van der Waals surface area contributed by atoms with Gasteiger partial charge in [-0.3, -0.25) is 14.4 Å². The van der Waals surface area contributed by atoms with Crippen LogP contribution in [0, 0.1) is 0 Å². The quantitative estimate of drug-likeness (QED) is 0.875. The van der Waals surface area contributed by atoms with Crippen molar-refractivity contribution in [3.63, 3.8) is 0 Å². The number of carbonyl (C=O) groups is 3. The fourth-order valence-electron chi connectivity index (χ4n) is 3.62. The molecule has 2 heterocycles. The number of carbonyl (C=O) groups excluding carboxylic acids is 3. The summed E-state index contributed by atoms with van der Waals surface area (Å²) < 4.78 is 5.62. The number of benzene rings is 2. The van der Waals surface area contributed by atoms with Crippen molar-refractivity contribution >= 4 is 23.4 Å². The standard InChI is InChI=1S/C21H21N3O4/c22-20(26)18-13-24(16-7-1-2-8-17(16)28-18)21(27)15-6-3-5-14(11-15)12-23-10-4-9-19(23)25/h1-3,5-8,11,18H,4,9-10,12-13H2,(H2,22,26)/t18-/m1/s1. The molecule has 144 valence electrons. The zero-order chi connectivity index (χ0) is 19.7. The lowest BCUT2D eigenvalue weighted by molar-refractivity contribution is -0.128. The number of ether oxygens (including phenoxy) is 1. The van der Waals surface area contributed by atoms with Crippen LogP contribution >= 0.6 is 0 Å². The monoisotopic (exact) mass is 379 g/mol. The van der Waals surface area contributed by atoms with Crippen molar-refractivity contribution in [1.82, 2.24) is 4.90 Å². The summed E-state index contributed by atoms with van der Waals surface area (Å²) in [5.74, 6) is -0.266. The number of para-hydroxylation sites is 2. The van der Waals surface area contributed by atoms with Crippen molar-refractivity contribution < 1.29 is 19.1 Å². The Balaban J connectivity index is 1.61. The molecule has 1 saturated heterocycles. The Labute approximate surface area is 162 Å². The van der Waals surface area contributed by atoms with E-state index in [2.05, 4.69) is 0 Å². The van der Waals surface area contributed by atoms with Gasteiger partial charge in [-0.05, 0) is 36.2 Å². The normalized spacial score (nSPS) is 18.6. The van der Waals surface area contributed by atoms with Gasteiger partial charge in [0.2, 0.25) is 5.91 Å². The predicted molar refractivity (Wildman–Crippen MR) is 103 cm³/mol. The minimum absolute atomic E-state index is 0.0556. The molecule has 0 bridgehead atoms. The van der Waals surface area contributed by atoms with Crippen LogP contribution < -0.4 is 15.4 Å². The average Bonchev–Trinajstić information content (AvgIpc) is 3.11. The molecule has 2 aliphatic heterocycles. The van der Waals surface area contributed by atoms with E-state index in [1.807, 2.05) is 12.1 Å². The zero-order valence-electron chi connectivity index (χ0n) is 15.3. The molecule has 2 aliphatic rings. The molecule has 7 heteroatoms. The smallest absolute Gasteiger partial charge is 0.260 e. The van der Waals surface area contributed by atoms with Gasteiger partial charge in [0.25, 0.3) is 11.8 Å². The van der Waals surface area contributed by atoms with Gasteiger partial charge in [-0.2, -0.15) is 0 Å². The summed E-state index contributed by atoms with van der Waals surface area (Å²) in [5, 5.41) is 0. The van der Waals surface area contributed by atoms with Crippen LogP contribution in [0.1, 0.15) is 28.8 Å². The first-order valence-electron chi connectivity index (χ1n) is 9.26. The Kier molecular flexibility index (Phi) is 4.73. The summed E-state index contributed by atoms with van der Waals surface area (Å²) in [6.45, 7) is 1.29. The van der Waals surface area contributed by atoms with E-state index < -0.39 is 12.0 Å². The number of hydrogen-bond acceptors (Lipinski definition) is 4. The Morgan fingerprint density at radius 2 is 1.96 bits per heavy atom. The molecule has 0 radical (unpaired) electrons. The largest absolute Gasteiger partial charge is 0.477 e. The molecule has 0 spiro atoms. The molecular weight excluding hydrogens is 358 g/mol. The van der Waals surface area contributed by atoms with E-state index in [9.17, 15) is 14.4 Å². The predicted octanol–water partition coefficient (Wildman–Crippen LogP) is 1.70. The molecule has 2 aromatic carbocycles. The summed E-state index contributed by atoms with van der Waals surface area (Å²) in [5.41, 5.74) is 7.40. The maximum Gasteiger partial charge on any atom is 0.260 e. The van der Waals surface area contributed by atoms with Crippen molar-refractivity contribution in [3.05, 3.63) is 59.7 Å². The first kappa shape index (κ1) is 18.0. The number of anilines is 1. The third-order valence-electron chi connectivity index (χ3n) is 5.05. The van der Waals surface area contributed by atoms with Gasteiger partial charge in [-0.1, -0.05) is 24.3 Å². The highest BCUT2D eigenvalue weighted by atomic mass is 16.5. The SMILES string of the molecule is NC(=O)[C@H]1CN(C(=O)c2cccc(CN3CCCC3=O)c2)c2ccccc2O1. The van der Waals surface area contributed by atoms with Crippen LogP contribution in [-0.4, -0.2) is 41.8 Å². The van der Waals surface area contributed by atoms with E-state index in [-0.39, 0.29) is 18.4 Å². The second-order valence-electron chi connectivity index (χ2n) is 7.01. The minimum Gasteiger partial charge on any atom is -0.477 e. The molecule has 28 heavy (non-hydrogen) atoms. The fourth-order valence-corrected chi connectivity index (χ4v) is 3.62. The fraction of sp³-hybridized carbons (Fsp3) is 0.286. The highest BCUT2D eigenvalue weighted by Gasteiger charge is 2.33. The van der Waals surface area contributed by atoms with Crippen LogP contribution in [0.2, 0.25) is 0 Å². The number of likely N-dealkylation sites (tertiary alicyclic amines) is 1. The maximum atomic E-state index is 13.2. The van der Waals surface area contributed by atoms with Crippen molar-refractivity contribution in [3.8, 4) is 5.75 Å². The van der Waals surface area contributed by atoms with E-state index in [4.69, 9.17) is 10.5 Å². The summed E-state index contributed by atoms with van der Waals surface area (Å²) in [6, 6.07) is 14.3. The minimum atomic E-state index is -0.899. The van der Waals surface area contributed by atoms with Crippen LogP contribution in [0.4, 0.5) is 5.69 Å². The second kappa shape index (κ2) is 7.34. The Morgan fingerprint density at radius 1 is 1.14 bits per heavy atom. The average molecular weight is 379 g/mol. The maximum absolute atomic E-state index is 13.2. The lowest BCUT2D eigenvalue weighted by Crippen LogP contribution is -2.49. The molecule has 3 amide bonds. The molecule has 2 aromatic rings. The first-order chi connectivity index (χ1) is 13.5. The molecule has 0 unspecified atom stereocenters. The van der Waals surface area contributed by atoms with Gasteiger partial charge in [0.1, 0.15) is 5.75 Å². The Bertz CT molecular complexity index is 943. The summed E-state index contributed by atoms with van der Waals surface area (Å²) in [4.78, 5) is 40.1. The number of nitrogens with zero attached hydrogens (tertiary/aromatic N) is 2. The molecule has 7 nitrogen and oxygen atoms in total. The van der Waals surface area contributed by atoms with Gasteiger partial charge in [-0.15, -0.1) is 0 Å². The number of nitrogens with two attached hydrogens (primary N) is 1. The van der Waals surface area contributed by atoms with Crippen molar-refractivity contribution in [2.75, 3.05) is 18.0 Å². The van der Waals surface area contributed by atoms with Crippen LogP contribution in [-0.2, 0) is 16.1 Å². The molecule has 0 saturated carbocycles. The summed E-state index contributed by atoms with van der Waals surface area (Å²) >= 11 is 0. The van der Waals surface area contributed by atoms with Crippen LogP contribution in [0.15, 0.2) is 48.5 Å². The second-order valence-corrected chi connectivity index (χ2v) is 7.01. The van der Waals surface area contributed by atoms with Crippen LogP contribution in [0.25, 0.3) is 0 Å². The third-order valence-corrected chi connectivity index (χ3v) is 5.05. The number of hydrogen-bond donors (Lipinski definition) is 1. The van der Waals surface area contributed by atoms with Gasteiger partial charge in [0.15, 0.2) is 6.10 Å². The van der Waals surface area contributed by atoms with Crippen LogP contribution in [0.3, 0.4) is 0 Å². The molecule has 0 aromatic heterocycles. The Morgan fingerprint density at radius 3 is 2.71 bits per heavy atom. The van der Waals surface area contributed by atoms with Gasteiger partial charge in [0, 0.05) is 25.1 Å². The van der Waals surface area contributed by atoms with Gasteiger partial charge in [-0.25, -0.2) is 0 Å². The van der Waals surface area contributed by atoms with Gasteiger partial charge < -0.3 is 20.3 Å². The van der Waals surface area contributed by atoms with E-state index in [0.29, 0.717) is 30.0 Å². The molecule has 2 N–H and O–H groups in total. The van der Waals surface area contributed by atoms with Crippen molar-refractivity contribution in [1.29, 1.82) is 0 Å². The number of amides is 3. The van der Waals surface area contributed by atoms with E-state index >= 15 is 0 Å². The lowest BCUT2D eigenvalue weighted by Gasteiger charge is -2.33. The molecule has 4 rings (SSSR count). The topological polar surface area (TPSA) is 92.9 Å². The molecule has 1 fully saturated rings. The first-order valence-corrected chi connectivity index (χ1v) is 9.26. The van der Waals surface area contributed by atoms with Gasteiger partial charge in [0.05, 0.1) is 12.2 Å². The van der Waals surface area contributed by atoms with Crippen molar-refractivity contribution in [2.45, 2.75) is 25.5 Å². The highest BCUT2D eigenvalue weighted by Crippen LogP contribution is 2.34. The summed E-state index contributed by atoms with van der Waals surface area (Å²) in [6.07, 6.45) is 0.554. The van der Waals surface area contributed by atoms with E-state index in [1.165, 1.54) is 4.90 Å². The molecule has 1 atom stereocenters. The van der Waals surface area contributed by atoms with Crippen LogP contribution in [0.5, 0.6) is 5.75 Å². The van der Waals surface area contributed by atoms with E-state index in [0.717, 1.165) is 18.5 Å². The number of rotatable bonds is 4. The van der Waals surface area contributed by atoms with E-state index in [1.54, 1.807) is 41.3 Å². The lowest BCUT2D eigenvalue weighted by atomic mass is 10.1. The summed E-state index contributed by atoms with van der Waals surface area (Å²) in [7, 11) is 0. The van der Waals surface area contributed by atoms with Crippen molar-refractivity contribution in [2.24, 2.45) is 5.73 Å². The zero-order valence-corrected chi connectivity index (χ0v) is 15.3. The molecular formula is C21H21N3O4. The third kappa shape index (κ3) is 3.43. The van der Waals surface area contributed by atoms with Gasteiger partial charge >= 0.3 is 0 Å². The number of primary amides is 1. The highest BCUT2D eigenvalue weighted by molar-refractivity contribution is 6.08. The molecule has 0 aliphatic carbocycles. The number of fused-ring (bicyclic) bond motifs is 1.